The number of carbonyl (C=O) groups excluding carboxylic acids is 2. The van der Waals surface area contributed by atoms with Gasteiger partial charge in [0.15, 0.2) is 0 Å². The number of rotatable bonds is 6. The summed E-state index contributed by atoms with van der Waals surface area (Å²) < 4.78 is 9.07. The minimum atomic E-state index is -0.309. The minimum absolute atomic E-state index is 0.260. The fourth-order valence-corrected chi connectivity index (χ4v) is 1.59. The van der Waals surface area contributed by atoms with Gasteiger partial charge in [0, 0.05) is 11.3 Å². The van der Waals surface area contributed by atoms with Crippen molar-refractivity contribution in [3.8, 4) is 0 Å². The molecule has 0 heterocycles. The van der Waals surface area contributed by atoms with Gasteiger partial charge in [0.05, 0.1) is 20.0 Å². The van der Waals surface area contributed by atoms with Gasteiger partial charge in [0.25, 0.3) is 0 Å². The highest BCUT2D eigenvalue weighted by Gasteiger charge is 2.06. The minimum Gasteiger partial charge on any atom is -0.468 e. The van der Waals surface area contributed by atoms with Crippen LogP contribution in [0.25, 0.3) is 0 Å². The Labute approximate surface area is 94.0 Å². The lowest BCUT2D eigenvalue weighted by Crippen LogP contribution is -2.05. The van der Waals surface area contributed by atoms with Gasteiger partial charge in [-0.2, -0.15) is 0 Å². The molecule has 0 aliphatic heterocycles. The number of ether oxygens (including phenoxy) is 2. The molecule has 0 aromatic heterocycles. The van der Waals surface area contributed by atoms with Crippen molar-refractivity contribution in [1.29, 1.82) is 0 Å². The smallest absolute Gasteiger partial charge is 0.333 e. The molecule has 15 heavy (non-hydrogen) atoms. The third-order valence-electron chi connectivity index (χ3n) is 1.72. The third-order valence-corrected chi connectivity index (χ3v) is 2.57. The summed E-state index contributed by atoms with van der Waals surface area (Å²) in [7, 11) is 2.71. The Morgan fingerprint density at radius 2 is 1.93 bits per heavy atom. The molecule has 0 radical (unpaired) electrons. The summed E-state index contributed by atoms with van der Waals surface area (Å²) in [5.41, 5.74) is 0.634. The zero-order valence-corrected chi connectivity index (χ0v) is 10.1. The van der Waals surface area contributed by atoms with E-state index in [1.807, 2.05) is 6.92 Å². The number of thioether (sulfide) groups is 1. The van der Waals surface area contributed by atoms with Crippen molar-refractivity contribution in [2.24, 2.45) is 0 Å². The maximum Gasteiger partial charge on any atom is 0.333 e. The van der Waals surface area contributed by atoms with Crippen molar-refractivity contribution in [2.75, 3.05) is 25.7 Å². The van der Waals surface area contributed by atoms with E-state index in [0.29, 0.717) is 23.5 Å². The lowest BCUT2D eigenvalue weighted by molar-refractivity contribution is -0.137. The van der Waals surface area contributed by atoms with Crippen LogP contribution in [0.3, 0.4) is 0 Å². The lowest BCUT2D eigenvalue weighted by Gasteiger charge is -2.01. The molecule has 0 spiro atoms. The summed E-state index contributed by atoms with van der Waals surface area (Å²) in [5, 5.41) is 0. The average molecular weight is 232 g/mol. The van der Waals surface area contributed by atoms with E-state index in [1.165, 1.54) is 26.0 Å². The van der Waals surface area contributed by atoms with E-state index in [-0.39, 0.29) is 11.9 Å². The Kier molecular flexibility index (Phi) is 7.81. The van der Waals surface area contributed by atoms with Gasteiger partial charge < -0.3 is 9.47 Å². The number of methoxy groups -OCH3 is 2. The summed E-state index contributed by atoms with van der Waals surface area (Å²) >= 11 is 1.40. The third kappa shape index (κ3) is 6.17. The van der Waals surface area contributed by atoms with Crippen LogP contribution in [-0.4, -0.2) is 37.7 Å². The normalized spacial score (nSPS) is 11.0. The quantitative estimate of drug-likeness (QED) is 0.393. The number of carbonyl (C=O) groups is 2. The highest BCUT2D eigenvalue weighted by Crippen LogP contribution is 2.07. The molecular formula is C10H16O4S. The second-order valence-electron chi connectivity index (χ2n) is 2.67. The van der Waals surface area contributed by atoms with E-state index in [9.17, 15) is 9.59 Å². The van der Waals surface area contributed by atoms with Gasteiger partial charge in [-0.15, -0.1) is 11.8 Å². The summed E-state index contributed by atoms with van der Waals surface area (Å²) in [4.78, 5) is 21.9. The van der Waals surface area contributed by atoms with Gasteiger partial charge in [-0.25, -0.2) is 4.79 Å². The van der Waals surface area contributed by atoms with Gasteiger partial charge >= 0.3 is 11.9 Å². The fourth-order valence-electron chi connectivity index (χ4n) is 0.864. The van der Waals surface area contributed by atoms with Crippen LogP contribution in [0.5, 0.6) is 0 Å². The van der Waals surface area contributed by atoms with Crippen molar-refractivity contribution in [3.05, 3.63) is 11.6 Å². The average Bonchev–Trinajstić information content (AvgIpc) is 2.27. The molecule has 0 aliphatic rings. The zero-order chi connectivity index (χ0) is 11.7. The second kappa shape index (κ2) is 8.35. The first-order valence-corrected chi connectivity index (χ1v) is 5.73. The van der Waals surface area contributed by atoms with Gasteiger partial charge in [-0.3, -0.25) is 4.79 Å². The lowest BCUT2D eigenvalue weighted by atomic mass is 10.2. The largest absolute Gasteiger partial charge is 0.468 e. The van der Waals surface area contributed by atoms with Crippen LogP contribution < -0.4 is 0 Å². The van der Waals surface area contributed by atoms with Crippen LogP contribution in [0, 0.1) is 0 Å². The maximum atomic E-state index is 11.1. The molecule has 0 rings (SSSR count). The molecule has 0 bridgehead atoms. The van der Waals surface area contributed by atoms with E-state index >= 15 is 0 Å². The Morgan fingerprint density at radius 1 is 1.27 bits per heavy atom. The van der Waals surface area contributed by atoms with E-state index < -0.39 is 0 Å². The molecule has 0 saturated carbocycles. The molecule has 5 heteroatoms. The molecule has 0 fully saturated rings. The number of hydrogen-bond acceptors (Lipinski definition) is 5. The van der Waals surface area contributed by atoms with Crippen molar-refractivity contribution >= 4 is 23.7 Å². The SMILES string of the molecule is CCC(=CCSCC(=O)OC)C(=O)OC. The Bertz CT molecular complexity index is 248. The van der Waals surface area contributed by atoms with Crippen LogP contribution in [0.2, 0.25) is 0 Å². The Morgan fingerprint density at radius 3 is 2.40 bits per heavy atom. The molecule has 0 aromatic rings. The summed E-state index contributed by atoms with van der Waals surface area (Å²) in [6.07, 6.45) is 2.41. The van der Waals surface area contributed by atoms with E-state index in [4.69, 9.17) is 0 Å². The van der Waals surface area contributed by atoms with Crippen molar-refractivity contribution in [3.63, 3.8) is 0 Å². The first kappa shape index (κ1) is 14.0. The molecule has 0 saturated heterocycles. The molecule has 0 amide bonds. The second-order valence-corrected chi connectivity index (χ2v) is 3.70. The predicted molar refractivity (Wildman–Crippen MR) is 59.7 cm³/mol. The highest BCUT2D eigenvalue weighted by molar-refractivity contribution is 8.00. The Hall–Kier alpha value is -0.970. The summed E-state index contributed by atoms with van der Waals surface area (Å²) in [6.45, 7) is 1.88. The first-order chi connectivity index (χ1) is 7.15. The molecule has 0 N–H and O–H groups in total. The molecule has 4 nitrogen and oxygen atoms in total. The topological polar surface area (TPSA) is 52.6 Å². The molecule has 0 atom stereocenters. The molecule has 0 unspecified atom stereocenters. The zero-order valence-electron chi connectivity index (χ0n) is 9.24. The van der Waals surface area contributed by atoms with Gasteiger partial charge in [0.1, 0.15) is 0 Å². The maximum absolute atomic E-state index is 11.1. The van der Waals surface area contributed by atoms with Gasteiger partial charge in [0.2, 0.25) is 0 Å². The van der Waals surface area contributed by atoms with Crippen LogP contribution in [0.4, 0.5) is 0 Å². The predicted octanol–water partition coefficient (Wildman–Crippen LogP) is 1.40. The van der Waals surface area contributed by atoms with Crippen LogP contribution in [0.1, 0.15) is 13.3 Å². The Balaban J connectivity index is 3.92. The first-order valence-electron chi connectivity index (χ1n) is 4.57. The van der Waals surface area contributed by atoms with E-state index in [2.05, 4.69) is 9.47 Å². The van der Waals surface area contributed by atoms with E-state index in [1.54, 1.807) is 6.08 Å². The van der Waals surface area contributed by atoms with Crippen LogP contribution in [-0.2, 0) is 19.1 Å². The summed E-state index contributed by atoms with van der Waals surface area (Å²) in [5.74, 6) is 0.333. The van der Waals surface area contributed by atoms with Crippen molar-refractivity contribution in [1.82, 2.24) is 0 Å². The van der Waals surface area contributed by atoms with Crippen LogP contribution >= 0.6 is 11.8 Å². The van der Waals surface area contributed by atoms with Crippen molar-refractivity contribution in [2.45, 2.75) is 13.3 Å². The number of hydrogen-bond donors (Lipinski definition) is 0. The molecule has 0 aromatic carbocycles. The van der Waals surface area contributed by atoms with Gasteiger partial charge in [-0.1, -0.05) is 13.0 Å². The molecule has 0 aliphatic carbocycles. The van der Waals surface area contributed by atoms with Crippen LogP contribution in [0.15, 0.2) is 11.6 Å². The van der Waals surface area contributed by atoms with E-state index in [0.717, 1.165) is 0 Å². The standard InChI is InChI=1S/C10H16O4S/c1-4-8(10(12)14-3)5-6-15-7-9(11)13-2/h5H,4,6-7H2,1-3H3. The summed E-state index contributed by atoms with van der Waals surface area (Å²) in [6, 6.07) is 0. The monoisotopic (exact) mass is 232 g/mol. The fraction of sp³-hybridized carbons (Fsp3) is 0.600. The van der Waals surface area contributed by atoms with Crippen molar-refractivity contribution < 1.29 is 19.1 Å². The highest BCUT2D eigenvalue weighted by atomic mass is 32.2. The molecular weight excluding hydrogens is 216 g/mol. The van der Waals surface area contributed by atoms with Gasteiger partial charge in [-0.05, 0) is 6.42 Å². The molecule has 86 valence electrons. The number of esters is 2.